The molecule has 0 aliphatic heterocycles. The van der Waals surface area contributed by atoms with Gasteiger partial charge in [-0.1, -0.05) is 121 Å². The number of hydrogen-bond acceptors (Lipinski definition) is 25. The molecule has 12 rings (SSSR count). The Labute approximate surface area is 691 Å². The summed E-state index contributed by atoms with van der Waals surface area (Å²) >= 11 is 0. The molecule has 0 radical (unpaired) electrons. The molecule has 596 valence electrons. The molecular formula is C90H91LiN12O14. The van der Waals surface area contributed by atoms with E-state index in [1.165, 1.54) is 109 Å². The van der Waals surface area contributed by atoms with E-state index in [4.69, 9.17) is 24.1 Å². The number of carbonyl (C=O) groups excluding carboxylic acids is 4. The smallest absolute Gasteiger partial charge is 0.870 e. The average molecular weight is 1570 g/mol. The number of aromatic nitrogens is 12. The minimum atomic E-state index is -1.06. The van der Waals surface area contributed by atoms with Gasteiger partial charge < -0.3 is 44.8 Å². The topological polar surface area (TPSA) is 388 Å². The summed E-state index contributed by atoms with van der Waals surface area (Å²) in [5.74, 6) is -3.08. The van der Waals surface area contributed by atoms with Crippen molar-refractivity contribution in [3.05, 3.63) is 357 Å². The predicted molar refractivity (Wildman–Crippen MR) is 439 cm³/mol. The molecule has 8 aromatic heterocycles. The number of hydrogen-bond donors (Lipinski definition) is 4. The predicted octanol–water partition coefficient (Wildman–Crippen LogP) is 12.8. The van der Waals surface area contributed by atoms with Crippen molar-refractivity contribution < 1.29 is 87.7 Å². The van der Waals surface area contributed by atoms with E-state index in [2.05, 4.69) is 120 Å². The van der Waals surface area contributed by atoms with Gasteiger partial charge in [-0.15, -0.1) is 0 Å². The van der Waals surface area contributed by atoms with Gasteiger partial charge in [0.05, 0.1) is 59.2 Å². The molecule has 4 aromatic carbocycles. The summed E-state index contributed by atoms with van der Waals surface area (Å²) in [5.41, 5.74) is 13.2. The van der Waals surface area contributed by atoms with Gasteiger partial charge in [0.15, 0.2) is 0 Å². The fraction of sp³-hybridized carbons (Fsp3) is 0.211. The van der Waals surface area contributed by atoms with E-state index >= 15 is 0 Å². The Balaban J connectivity index is 0.000000231. The zero-order valence-electron chi connectivity index (χ0n) is 66.4. The summed E-state index contributed by atoms with van der Waals surface area (Å²) in [6.07, 6.45) is 22.8. The van der Waals surface area contributed by atoms with Gasteiger partial charge in [-0.2, -0.15) is 0 Å². The summed E-state index contributed by atoms with van der Waals surface area (Å²) in [5, 5.41) is 39.8. The Morgan fingerprint density at radius 2 is 0.615 bits per heavy atom. The van der Waals surface area contributed by atoms with Gasteiger partial charge in [-0.3, -0.25) is 15.0 Å². The molecule has 0 atom stereocenters. The minimum Gasteiger partial charge on any atom is -0.870 e. The van der Waals surface area contributed by atoms with E-state index in [1.807, 2.05) is 91.9 Å². The van der Waals surface area contributed by atoms with Crippen LogP contribution in [0.2, 0.25) is 0 Å². The zero-order valence-corrected chi connectivity index (χ0v) is 66.4. The van der Waals surface area contributed by atoms with Crippen LogP contribution in [0.5, 0.6) is 0 Å². The summed E-state index contributed by atoms with van der Waals surface area (Å²) in [4.78, 5) is 107. The molecule has 0 unspecified atom stereocenters. The minimum absolute atomic E-state index is 0. The molecule has 0 aliphatic rings. The molecule has 0 spiro atoms. The molecule has 0 aliphatic carbocycles. The van der Waals surface area contributed by atoms with Crippen LogP contribution in [0.1, 0.15) is 178 Å². The molecule has 0 fully saturated rings. The number of carboxylic acid groups (broad SMARTS) is 1. The molecule has 27 heteroatoms. The first-order valence-electron chi connectivity index (χ1n) is 37.0. The zero-order chi connectivity index (χ0) is 82.2. The van der Waals surface area contributed by atoms with Crippen LogP contribution < -0.4 is 18.9 Å². The number of carboxylic acids is 1. The van der Waals surface area contributed by atoms with Crippen molar-refractivity contribution in [1.29, 1.82) is 0 Å². The van der Waals surface area contributed by atoms with Crippen LogP contribution in [-0.2, 0) is 70.3 Å². The maximum absolute atomic E-state index is 12.1. The Morgan fingerprint density at radius 1 is 0.333 bits per heavy atom. The third-order valence-corrected chi connectivity index (χ3v) is 16.2. The van der Waals surface area contributed by atoms with E-state index in [0.29, 0.717) is 65.0 Å². The van der Waals surface area contributed by atoms with Crippen molar-refractivity contribution in [2.75, 3.05) is 19.8 Å². The summed E-state index contributed by atoms with van der Waals surface area (Å²) in [6.45, 7) is 13.5. The maximum Gasteiger partial charge on any atom is 1.00 e. The second kappa shape index (κ2) is 49.1. The van der Waals surface area contributed by atoms with Crippen LogP contribution in [0.25, 0.3) is 35.5 Å². The van der Waals surface area contributed by atoms with E-state index in [9.17, 15) is 39.3 Å². The van der Waals surface area contributed by atoms with Gasteiger partial charge in [0.1, 0.15) is 71.0 Å². The Kier molecular flexibility index (Phi) is 38.7. The fourth-order valence-corrected chi connectivity index (χ4v) is 10.5. The number of nitrogens with zero attached hydrogens (tertiary/aromatic N) is 12. The van der Waals surface area contributed by atoms with Crippen LogP contribution in [-0.4, -0.2) is 141 Å². The van der Waals surface area contributed by atoms with Crippen LogP contribution in [0.15, 0.2) is 244 Å². The normalized spacial score (nSPS) is 10.9. The van der Waals surface area contributed by atoms with Gasteiger partial charge in [0.2, 0.25) is 0 Å². The summed E-state index contributed by atoms with van der Waals surface area (Å²) in [6, 6.07) is 60.6. The third kappa shape index (κ3) is 33.1. The van der Waals surface area contributed by atoms with Gasteiger partial charge >= 0.3 is 48.7 Å². The number of pyridine rings is 4. The number of carbonyl (C=O) groups is 5. The largest absolute Gasteiger partial charge is 1.00 e. The Bertz CT molecular complexity index is 5130. The average Bonchev–Trinajstić information content (AvgIpc) is 0.860. The first-order chi connectivity index (χ1) is 55.6. The van der Waals surface area contributed by atoms with Crippen molar-refractivity contribution in [2.45, 2.75) is 105 Å². The van der Waals surface area contributed by atoms with Crippen LogP contribution in [0.3, 0.4) is 0 Å². The number of aryl methyl sites for hydroxylation is 9. The molecule has 117 heavy (non-hydrogen) atoms. The van der Waals surface area contributed by atoms with Crippen LogP contribution in [0, 0.1) is 6.92 Å². The molecule has 0 bridgehead atoms. The van der Waals surface area contributed by atoms with Crippen molar-refractivity contribution in [2.24, 2.45) is 0 Å². The van der Waals surface area contributed by atoms with E-state index < -0.39 is 35.4 Å². The van der Waals surface area contributed by atoms with Crippen molar-refractivity contribution in [3.63, 3.8) is 0 Å². The number of rotatable bonds is 26. The van der Waals surface area contributed by atoms with Crippen molar-refractivity contribution in [1.82, 2.24) is 59.8 Å². The monoisotopic (exact) mass is 1570 g/mol. The second-order valence-electron chi connectivity index (χ2n) is 26.2. The summed E-state index contributed by atoms with van der Waals surface area (Å²) < 4.78 is 19.8. The van der Waals surface area contributed by atoms with Gasteiger partial charge in [0.25, 0.3) is 0 Å². The Morgan fingerprint density at radius 3 is 0.897 bits per heavy atom. The molecule has 26 nitrogen and oxygen atoms in total. The molecule has 0 saturated carbocycles. The number of aliphatic hydroxyl groups excluding tert-OH is 3. The summed E-state index contributed by atoms with van der Waals surface area (Å²) in [7, 11) is 0. The quantitative estimate of drug-likeness (QED) is 0.0169. The van der Waals surface area contributed by atoms with E-state index in [-0.39, 0.29) is 58.6 Å². The first-order valence-corrected chi connectivity index (χ1v) is 37.0. The number of ether oxygens (including phenoxy) is 4. The molecular weight excluding hydrogens is 1480 g/mol. The maximum atomic E-state index is 12.1. The Hall–Kier alpha value is -13.7. The van der Waals surface area contributed by atoms with Crippen LogP contribution >= 0.6 is 0 Å². The van der Waals surface area contributed by atoms with Gasteiger partial charge in [-0.05, 0) is 195 Å². The van der Waals surface area contributed by atoms with E-state index in [0.717, 1.165) is 79.8 Å². The number of benzene rings is 4. The SMILES string of the molecule is CC(C)(C)OC(=O)c1ccc(/C(O)=C/c2cc(CCc3ccccc3)ncn2)nc1.CCOC(=O)c1ccc(/C(O)=C/c2cc(CCc3ccccc3)ncn2)nc1.CCOC(=O)c1ccc(C(=O)OCC)nc1.Cc1cc(CCc2ccccc2)ncn1.O=C(O)c1ccc(/C(O)=C/c2cc(CCc3ccccc3)ncn2)nc1.[Li+].[OH-]. The van der Waals surface area contributed by atoms with Crippen molar-refractivity contribution in [3.8, 4) is 0 Å². The number of aromatic carboxylic acids is 1. The van der Waals surface area contributed by atoms with Gasteiger partial charge in [0, 0.05) is 71.5 Å². The van der Waals surface area contributed by atoms with Gasteiger partial charge in [-0.25, -0.2) is 68.8 Å². The van der Waals surface area contributed by atoms with E-state index in [1.54, 1.807) is 72.1 Å². The van der Waals surface area contributed by atoms with Crippen molar-refractivity contribution >= 4 is 65.4 Å². The number of aliphatic hydroxyl groups is 3. The molecule has 8 heterocycles. The second-order valence-corrected chi connectivity index (χ2v) is 26.2. The molecule has 0 amide bonds. The standard InChI is InChI=1S/C24H25N3O3.C22H21N3O3.C20H17N3O3.C13H14N2.C11H13NO4.Li.H2O/c1-24(2,3)30-23(29)18-10-12-21(25-15-18)22(28)14-20-13-19(26-16-27-20)11-9-17-7-5-4-6-8-17;1-2-28-22(27)17-9-11-20(23-14-17)21(26)13-19-12-18(24-15-25-19)10-8-16-6-4-3-5-7-16;24-19(18-9-7-15(12-21-18)20(25)26)11-17-10-16(22-13-23-17)8-6-14-4-2-1-3-5-14;1-11-9-13(15-10-14-11)8-7-12-5-3-2-4-6-12;1-3-15-10(13)8-5-6-9(12-7-8)11(14)16-4-2;;/h4-8,10,12-16,28H,9,11H2,1-3H3;3-7,9,11-15,26H,2,8,10H2,1H3;1-5,7,9-13,24H,6,8H2,(H,25,26);2-6,9-10H,7-8H2,1H3;5-7H,3-4H2,1-2H3;;1H2/q;;;;;+1;/p-1/b22-14-;21-13-;19-11-;;;;. The molecule has 0 saturated heterocycles. The number of esters is 4. The third-order valence-electron chi connectivity index (χ3n) is 16.2. The fourth-order valence-electron chi connectivity index (χ4n) is 10.5. The molecule has 12 aromatic rings. The first kappa shape index (κ1) is 92.2. The van der Waals surface area contributed by atoms with Crippen LogP contribution in [0.4, 0.5) is 0 Å². The molecule has 5 N–H and O–H groups in total.